The quantitative estimate of drug-likeness (QED) is 0.539. The molecule has 1 unspecified atom stereocenters. The zero-order valence-electron chi connectivity index (χ0n) is 15.5. The second-order valence-electron chi connectivity index (χ2n) is 7.33. The van der Waals surface area contributed by atoms with Crippen molar-refractivity contribution in [2.75, 3.05) is 38.2 Å². The summed E-state index contributed by atoms with van der Waals surface area (Å²) in [6.45, 7) is 4.08. The van der Waals surface area contributed by atoms with E-state index in [0.717, 1.165) is 51.4 Å². The summed E-state index contributed by atoms with van der Waals surface area (Å²) in [5.41, 5.74) is -6.20. The van der Waals surface area contributed by atoms with Crippen molar-refractivity contribution in [2.24, 2.45) is 5.92 Å². The van der Waals surface area contributed by atoms with Crippen LogP contribution in [0.25, 0.3) is 0 Å². The number of ether oxygens (including phenoxy) is 1. The Kier molecular flexibility index (Phi) is 6.34. The van der Waals surface area contributed by atoms with Crippen molar-refractivity contribution in [1.29, 1.82) is 0 Å². The Hall–Kier alpha value is -1.92. The molecule has 12 heteroatoms. The van der Waals surface area contributed by atoms with E-state index in [1.807, 2.05) is 0 Å². The van der Waals surface area contributed by atoms with Gasteiger partial charge in [-0.25, -0.2) is 8.42 Å². The summed E-state index contributed by atoms with van der Waals surface area (Å²) in [6, 6.07) is 2.14. The maximum absolute atomic E-state index is 12.7. The topological polar surface area (TPSA) is 102 Å². The molecule has 0 saturated carbocycles. The molecular weight excluding hydrogens is 415 g/mol. The second-order valence-corrected chi connectivity index (χ2v) is 9.28. The first-order chi connectivity index (χ1) is 13.6. The summed E-state index contributed by atoms with van der Waals surface area (Å²) >= 11 is 0. The number of likely N-dealkylation sites (tertiary alicyclic amines) is 1. The predicted molar refractivity (Wildman–Crippen MR) is 98.3 cm³/mol. The van der Waals surface area contributed by atoms with Crippen LogP contribution in [-0.2, 0) is 14.6 Å². The Morgan fingerprint density at radius 1 is 1.24 bits per heavy atom. The van der Waals surface area contributed by atoms with Crippen LogP contribution in [0, 0.1) is 16.0 Å². The third-order valence-electron chi connectivity index (χ3n) is 5.27. The van der Waals surface area contributed by atoms with Crippen molar-refractivity contribution >= 4 is 21.2 Å². The Morgan fingerprint density at radius 2 is 1.93 bits per heavy atom. The normalized spacial score (nSPS) is 22.0. The number of halogens is 3. The number of nitrogens with zero attached hydrogens (tertiary/aromatic N) is 2. The molecule has 0 spiro atoms. The molecule has 2 saturated heterocycles. The molecule has 1 N–H and O–H groups in total. The van der Waals surface area contributed by atoms with Gasteiger partial charge in [-0.15, -0.1) is 0 Å². The fourth-order valence-electron chi connectivity index (χ4n) is 3.66. The first-order valence-electron chi connectivity index (χ1n) is 9.24. The number of sulfone groups is 1. The molecule has 2 fully saturated rings. The fourth-order valence-corrected chi connectivity index (χ4v) is 4.44. The molecule has 2 heterocycles. The molecule has 1 aromatic rings. The van der Waals surface area contributed by atoms with E-state index in [1.165, 1.54) is 0 Å². The van der Waals surface area contributed by atoms with E-state index in [1.54, 1.807) is 0 Å². The lowest BCUT2D eigenvalue weighted by atomic mass is 10.0. The van der Waals surface area contributed by atoms with Crippen molar-refractivity contribution in [3.8, 4) is 0 Å². The highest BCUT2D eigenvalue weighted by atomic mass is 32.2. The average Bonchev–Trinajstić information content (AvgIpc) is 3.15. The highest BCUT2D eigenvalue weighted by Gasteiger charge is 2.47. The van der Waals surface area contributed by atoms with Crippen molar-refractivity contribution in [1.82, 2.24) is 4.90 Å². The zero-order chi connectivity index (χ0) is 21.2. The molecule has 2 aliphatic rings. The zero-order valence-corrected chi connectivity index (χ0v) is 16.3. The highest BCUT2D eigenvalue weighted by Crippen LogP contribution is 2.35. The molecule has 1 atom stereocenters. The summed E-state index contributed by atoms with van der Waals surface area (Å²) in [6.07, 6.45) is 2.47. The molecule has 0 bridgehead atoms. The Morgan fingerprint density at radius 3 is 2.48 bits per heavy atom. The number of hydrogen-bond donors (Lipinski definition) is 1. The van der Waals surface area contributed by atoms with Gasteiger partial charge in [-0.3, -0.25) is 10.1 Å². The minimum absolute atomic E-state index is 0.0127. The Labute approximate surface area is 166 Å². The maximum atomic E-state index is 12.7. The summed E-state index contributed by atoms with van der Waals surface area (Å²) in [5, 5.41) is 14.3. The lowest BCUT2D eigenvalue weighted by molar-refractivity contribution is -0.384. The summed E-state index contributed by atoms with van der Waals surface area (Å²) in [7, 11) is -5.65. The van der Waals surface area contributed by atoms with Crippen LogP contribution in [0.5, 0.6) is 0 Å². The number of hydrogen-bond acceptors (Lipinski definition) is 7. The van der Waals surface area contributed by atoms with Gasteiger partial charge in [-0.1, -0.05) is 0 Å². The highest BCUT2D eigenvalue weighted by molar-refractivity contribution is 7.92. The number of nitro benzene ring substituents is 1. The summed E-state index contributed by atoms with van der Waals surface area (Å²) < 4.78 is 66.6. The molecule has 2 aliphatic heterocycles. The number of benzene rings is 1. The standard InChI is InChI=1S/C17H22F3N3O5S/c18-17(19,20)29(26,27)14-1-2-15(16(9-14)23(24)25)21-13-3-6-22(7-4-13)10-12-5-8-28-11-12/h1-2,9,12-13,21H,3-8,10-11H2. The van der Waals surface area contributed by atoms with Crippen molar-refractivity contribution in [2.45, 2.75) is 35.7 Å². The van der Waals surface area contributed by atoms with Crippen LogP contribution in [0.15, 0.2) is 23.1 Å². The lowest BCUT2D eigenvalue weighted by Crippen LogP contribution is -2.41. The molecule has 162 valence electrons. The number of anilines is 1. The first kappa shape index (κ1) is 21.8. The van der Waals surface area contributed by atoms with E-state index in [0.29, 0.717) is 24.8 Å². The number of nitro groups is 1. The lowest BCUT2D eigenvalue weighted by Gasteiger charge is -2.34. The van der Waals surface area contributed by atoms with Gasteiger partial charge in [0, 0.05) is 38.3 Å². The molecular formula is C17H22F3N3O5S. The molecule has 1 aromatic carbocycles. The monoisotopic (exact) mass is 437 g/mol. The average molecular weight is 437 g/mol. The number of nitrogens with one attached hydrogen (secondary N) is 1. The second kappa shape index (κ2) is 8.44. The van der Waals surface area contributed by atoms with E-state index in [9.17, 15) is 31.7 Å². The van der Waals surface area contributed by atoms with Crippen LogP contribution < -0.4 is 5.32 Å². The molecule has 0 amide bonds. The van der Waals surface area contributed by atoms with Gasteiger partial charge in [-0.2, -0.15) is 13.2 Å². The third-order valence-corrected chi connectivity index (χ3v) is 6.75. The van der Waals surface area contributed by atoms with Gasteiger partial charge in [0.2, 0.25) is 0 Å². The summed E-state index contributed by atoms with van der Waals surface area (Å²) in [5.74, 6) is 0.517. The van der Waals surface area contributed by atoms with Gasteiger partial charge in [0.25, 0.3) is 15.5 Å². The third kappa shape index (κ3) is 4.98. The van der Waals surface area contributed by atoms with Crippen LogP contribution in [0.1, 0.15) is 19.3 Å². The largest absolute Gasteiger partial charge is 0.501 e. The van der Waals surface area contributed by atoms with Gasteiger partial charge in [0.05, 0.1) is 16.4 Å². The molecule has 0 aromatic heterocycles. The van der Waals surface area contributed by atoms with Gasteiger partial charge in [0.15, 0.2) is 0 Å². The van der Waals surface area contributed by atoms with Crippen molar-refractivity contribution in [3.63, 3.8) is 0 Å². The molecule has 0 aliphatic carbocycles. The van der Waals surface area contributed by atoms with Crippen LogP contribution in [0.2, 0.25) is 0 Å². The SMILES string of the molecule is O=[N+]([O-])c1cc(S(=O)(=O)C(F)(F)F)ccc1NC1CCN(CC2CCOC2)CC1. The van der Waals surface area contributed by atoms with Gasteiger partial charge < -0.3 is 15.0 Å². The van der Waals surface area contributed by atoms with Gasteiger partial charge >= 0.3 is 5.51 Å². The van der Waals surface area contributed by atoms with E-state index < -0.39 is 30.9 Å². The Balaban J connectivity index is 1.67. The number of rotatable bonds is 6. The Bertz CT molecular complexity index is 848. The predicted octanol–water partition coefficient (Wildman–Crippen LogP) is 2.80. The smallest absolute Gasteiger partial charge is 0.381 e. The molecule has 0 radical (unpaired) electrons. The maximum Gasteiger partial charge on any atom is 0.501 e. The minimum atomic E-state index is -5.65. The van der Waals surface area contributed by atoms with Crippen molar-refractivity contribution < 1.29 is 31.2 Å². The number of piperidine rings is 1. The molecule has 3 rings (SSSR count). The van der Waals surface area contributed by atoms with Crippen LogP contribution >= 0.6 is 0 Å². The number of alkyl halides is 3. The van der Waals surface area contributed by atoms with E-state index in [4.69, 9.17) is 4.74 Å². The summed E-state index contributed by atoms with van der Waals surface area (Å²) in [4.78, 5) is 11.6. The molecule has 8 nitrogen and oxygen atoms in total. The van der Waals surface area contributed by atoms with Crippen LogP contribution in [-0.4, -0.2) is 62.6 Å². The van der Waals surface area contributed by atoms with Gasteiger partial charge in [-0.05, 0) is 37.3 Å². The van der Waals surface area contributed by atoms with Crippen LogP contribution in [0.4, 0.5) is 24.5 Å². The van der Waals surface area contributed by atoms with E-state index in [-0.39, 0.29) is 11.7 Å². The van der Waals surface area contributed by atoms with E-state index in [2.05, 4.69) is 10.2 Å². The van der Waals surface area contributed by atoms with Gasteiger partial charge in [0.1, 0.15) is 5.69 Å². The van der Waals surface area contributed by atoms with E-state index >= 15 is 0 Å². The minimum Gasteiger partial charge on any atom is -0.381 e. The van der Waals surface area contributed by atoms with Crippen LogP contribution in [0.3, 0.4) is 0 Å². The fraction of sp³-hybridized carbons (Fsp3) is 0.647. The van der Waals surface area contributed by atoms with Crippen molar-refractivity contribution in [3.05, 3.63) is 28.3 Å². The first-order valence-corrected chi connectivity index (χ1v) is 10.7. The molecule has 29 heavy (non-hydrogen) atoms.